The van der Waals surface area contributed by atoms with E-state index in [9.17, 15) is 0 Å². The maximum Gasteiger partial charge on any atom is 0.221 e. The molecule has 0 amide bonds. The largest absolute Gasteiger partial charge is 0.368 e. The summed E-state index contributed by atoms with van der Waals surface area (Å²) in [6.07, 6.45) is 3.45. The summed E-state index contributed by atoms with van der Waals surface area (Å²) >= 11 is 0. The van der Waals surface area contributed by atoms with E-state index in [4.69, 9.17) is 5.73 Å². The molecule has 0 saturated carbocycles. The maximum atomic E-state index is 5.68. The van der Waals surface area contributed by atoms with E-state index < -0.39 is 0 Å². The number of fused-ring (bicyclic) bond motifs is 2. The van der Waals surface area contributed by atoms with Crippen LogP contribution in [0, 0.1) is 0 Å². The van der Waals surface area contributed by atoms with Gasteiger partial charge >= 0.3 is 0 Å². The standard InChI is InChI=1S/C21H16N6/c22-21-23-8-7-19(26-21)25-17-10-16-12-24-27-20(16)18(11-17)15-6-5-13-3-1-2-4-14(13)9-15/h1-12H,(H,24,27)(H3,22,23,25,26). The zero-order chi connectivity index (χ0) is 18.2. The number of hydrogen-bond acceptors (Lipinski definition) is 5. The highest BCUT2D eigenvalue weighted by Gasteiger charge is 2.10. The van der Waals surface area contributed by atoms with Gasteiger partial charge in [0.15, 0.2) is 0 Å². The lowest BCUT2D eigenvalue weighted by atomic mass is 9.99. The highest BCUT2D eigenvalue weighted by Crippen LogP contribution is 2.33. The fourth-order valence-electron chi connectivity index (χ4n) is 3.31. The van der Waals surface area contributed by atoms with Gasteiger partial charge < -0.3 is 11.1 Å². The second-order valence-corrected chi connectivity index (χ2v) is 6.35. The molecule has 0 aliphatic rings. The molecule has 0 atom stereocenters. The van der Waals surface area contributed by atoms with Crippen molar-refractivity contribution in [2.24, 2.45) is 0 Å². The van der Waals surface area contributed by atoms with E-state index in [-0.39, 0.29) is 5.95 Å². The molecule has 5 aromatic rings. The summed E-state index contributed by atoms with van der Waals surface area (Å²) in [6, 6.07) is 20.7. The number of aromatic amines is 1. The number of benzene rings is 3. The van der Waals surface area contributed by atoms with Gasteiger partial charge in [-0.1, -0.05) is 36.4 Å². The molecule has 2 heterocycles. The fraction of sp³-hybridized carbons (Fsp3) is 0. The number of nitrogens with two attached hydrogens (primary N) is 1. The minimum atomic E-state index is 0.235. The molecule has 0 aliphatic carbocycles. The minimum Gasteiger partial charge on any atom is -0.368 e. The molecule has 5 rings (SSSR count). The average Bonchev–Trinajstić information content (AvgIpc) is 3.15. The predicted molar refractivity (Wildman–Crippen MR) is 109 cm³/mol. The fourth-order valence-corrected chi connectivity index (χ4v) is 3.31. The lowest BCUT2D eigenvalue weighted by molar-refractivity contribution is 1.12. The van der Waals surface area contributed by atoms with Crippen LogP contribution in [-0.4, -0.2) is 20.2 Å². The van der Waals surface area contributed by atoms with Gasteiger partial charge in [-0.05, 0) is 40.6 Å². The number of aromatic nitrogens is 4. The molecule has 0 unspecified atom stereocenters. The molecule has 27 heavy (non-hydrogen) atoms. The number of anilines is 3. The molecule has 0 fully saturated rings. The first kappa shape index (κ1) is 15.3. The summed E-state index contributed by atoms with van der Waals surface area (Å²) in [5.74, 6) is 0.883. The van der Waals surface area contributed by atoms with Crippen molar-refractivity contribution in [2.45, 2.75) is 0 Å². The number of rotatable bonds is 3. The number of nitrogens with one attached hydrogen (secondary N) is 2. The van der Waals surface area contributed by atoms with Crippen LogP contribution in [-0.2, 0) is 0 Å². The first-order chi connectivity index (χ1) is 13.3. The zero-order valence-corrected chi connectivity index (χ0v) is 14.3. The molecular formula is C21H16N6. The molecule has 0 radical (unpaired) electrons. The number of H-pyrrole nitrogens is 1. The highest BCUT2D eigenvalue weighted by atomic mass is 15.1. The molecular weight excluding hydrogens is 336 g/mol. The number of nitrogen functional groups attached to an aromatic ring is 1. The van der Waals surface area contributed by atoms with E-state index in [0.29, 0.717) is 5.82 Å². The van der Waals surface area contributed by atoms with E-state index in [1.165, 1.54) is 10.8 Å². The van der Waals surface area contributed by atoms with Crippen LogP contribution >= 0.6 is 0 Å². The minimum absolute atomic E-state index is 0.235. The van der Waals surface area contributed by atoms with Crippen molar-refractivity contribution >= 4 is 39.1 Å². The summed E-state index contributed by atoms with van der Waals surface area (Å²) < 4.78 is 0. The summed E-state index contributed by atoms with van der Waals surface area (Å²) in [6.45, 7) is 0. The Bertz CT molecular complexity index is 1270. The van der Waals surface area contributed by atoms with E-state index in [1.807, 2.05) is 18.3 Å². The van der Waals surface area contributed by atoms with E-state index in [2.05, 4.69) is 67.9 Å². The van der Waals surface area contributed by atoms with Crippen LogP contribution in [0.15, 0.2) is 73.1 Å². The molecule has 3 aromatic carbocycles. The Morgan fingerprint density at radius 1 is 0.889 bits per heavy atom. The van der Waals surface area contributed by atoms with Crippen molar-refractivity contribution in [1.82, 2.24) is 20.2 Å². The molecule has 6 nitrogen and oxygen atoms in total. The quantitative estimate of drug-likeness (QED) is 0.445. The lowest BCUT2D eigenvalue weighted by Crippen LogP contribution is -1.99. The Labute approximate surface area is 155 Å². The number of hydrogen-bond donors (Lipinski definition) is 3. The molecule has 0 aliphatic heterocycles. The Kier molecular flexibility index (Phi) is 3.47. The second kappa shape index (κ2) is 6.10. The third-order valence-corrected chi connectivity index (χ3v) is 4.56. The van der Waals surface area contributed by atoms with Crippen molar-refractivity contribution in [3.63, 3.8) is 0 Å². The zero-order valence-electron chi connectivity index (χ0n) is 14.3. The first-order valence-electron chi connectivity index (χ1n) is 8.58. The van der Waals surface area contributed by atoms with Crippen LogP contribution in [0.25, 0.3) is 32.8 Å². The first-order valence-corrected chi connectivity index (χ1v) is 8.58. The van der Waals surface area contributed by atoms with Gasteiger partial charge in [0.1, 0.15) is 5.82 Å². The van der Waals surface area contributed by atoms with Gasteiger partial charge in [-0.25, -0.2) is 4.98 Å². The average molecular weight is 352 g/mol. The SMILES string of the molecule is Nc1nccc(Nc2cc(-c3ccc4ccccc4c3)c3[nH]ncc3c2)n1. The van der Waals surface area contributed by atoms with Gasteiger partial charge in [-0.2, -0.15) is 10.1 Å². The van der Waals surface area contributed by atoms with Gasteiger partial charge in [0.25, 0.3) is 0 Å². The van der Waals surface area contributed by atoms with Crippen LogP contribution < -0.4 is 11.1 Å². The van der Waals surface area contributed by atoms with Crippen molar-refractivity contribution < 1.29 is 0 Å². The van der Waals surface area contributed by atoms with E-state index in [0.717, 1.165) is 27.7 Å². The molecule has 6 heteroatoms. The molecule has 0 saturated heterocycles. The van der Waals surface area contributed by atoms with E-state index >= 15 is 0 Å². The lowest BCUT2D eigenvalue weighted by Gasteiger charge is -2.11. The molecule has 130 valence electrons. The molecule has 4 N–H and O–H groups in total. The smallest absolute Gasteiger partial charge is 0.221 e. The molecule has 0 bridgehead atoms. The molecule has 0 spiro atoms. The predicted octanol–water partition coefficient (Wildman–Crippen LogP) is 4.50. The van der Waals surface area contributed by atoms with E-state index in [1.54, 1.807) is 12.3 Å². The summed E-state index contributed by atoms with van der Waals surface area (Å²) in [7, 11) is 0. The third-order valence-electron chi connectivity index (χ3n) is 4.56. The highest BCUT2D eigenvalue weighted by molar-refractivity contribution is 5.99. The van der Waals surface area contributed by atoms with Crippen molar-refractivity contribution in [2.75, 3.05) is 11.1 Å². The topological polar surface area (TPSA) is 92.5 Å². The van der Waals surface area contributed by atoms with Gasteiger partial charge in [-0.3, -0.25) is 5.10 Å². The van der Waals surface area contributed by atoms with Crippen LogP contribution in [0.1, 0.15) is 0 Å². The summed E-state index contributed by atoms with van der Waals surface area (Å²) in [5.41, 5.74) is 9.78. The number of nitrogens with zero attached hydrogens (tertiary/aromatic N) is 3. The van der Waals surface area contributed by atoms with Crippen LogP contribution in [0.4, 0.5) is 17.5 Å². The summed E-state index contributed by atoms with van der Waals surface area (Å²) in [5, 5.41) is 14.1. The summed E-state index contributed by atoms with van der Waals surface area (Å²) in [4.78, 5) is 8.14. The van der Waals surface area contributed by atoms with Gasteiger partial charge in [0.05, 0.1) is 11.7 Å². The normalized spacial score (nSPS) is 11.1. The van der Waals surface area contributed by atoms with Crippen molar-refractivity contribution in [3.8, 4) is 11.1 Å². The molecule has 2 aromatic heterocycles. The van der Waals surface area contributed by atoms with Crippen LogP contribution in [0.2, 0.25) is 0 Å². The Morgan fingerprint density at radius 2 is 1.78 bits per heavy atom. The third kappa shape index (κ3) is 2.83. The van der Waals surface area contributed by atoms with Gasteiger partial charge in [-0.15, -0.1) is 0 Å². The van der Waals surface area contributed by atoms with Gasteiger partial charge in [0.2, 0.25) is 5.95 Å². The second-order valence-electron chi connectivity index (χ2n) is 6.35. The van der Waals surface area contributed by atoms with Crippen LogP contribution in [0.3, 0.4) is 0 Å². The Balaban J connectivity index is 1.65. The maximum absolute atomic E-state index is 5.68. The Hall–Kier alpha value is -3.93. The Morgan fingerprint density at radius 3 is 2.67 bits per heavy atom. The van der Waals surface area contributed by atoms with Crippen molar-refractivity contribution in [3.05, 3.63) is 73.1 Å². The van der Waals surface area contributed by atoms with Crippen LogP contribution in [0.5, 0.6) is 0 Å². The monoisotopic (exact) mass is 352 g/mol. The van der Waals surface area contributed by atoms with Crippen molar-refractivity contribution in [1.29, 1.82) is 0 Å². The van der Waals surface area contributed by atoms with Gasteiger partial charge in [0, 0.05) is 22.8 Å².